The van der Waals surface area contributed by atoms with E-state index in [2.05, 4.69) is 9.88 Å². The molecule has 0 aliphatic carbocycles. The van der Waals surface area contributed by atoms with Crippen molar-refractivity contribution in [2.75, 3.05) is 18.9 Å². The lowest BCUT2D eigenvalue weighted by atomic mass is 10.1. The molecule has 0 spiro atoms. The minimum absolute atomic E-state index is 0.197. The molecule has 0 fully saturated rings. The van der Waals surface area contributed by atoms with Crippen molar-refractivity contribution in [3.63, 3.8) is 0 Å². The Kier molecular flexibility index (Phi) is 5.18. The fourth-order valence-corrected chi connectivity index (χ4v) is 3.92. The summed E-state index contributed by atoms with van der Waals surface area (Å²) in [6.07, 6.45) is 0. The third-order valence-corrected chi connectivity index (χ3v) is 5.47. The number of ether oxygens (including phenoxy) is 2. The van der Waals surface area contributed by atoms with Gasteiger partial charge in [-0.3, -0.25) is 4.79 Å². The van der Waals surface area contributed by atoms with Crippen LogP contribution in [-0.2, 0) is 7.05 Å². The number of rotatable bonds is 6. The lowest BCUT2D eigenvalue weighted by Gasteiger charge is -2.12. The Hall–Kier alpha value is -3.39. The highest BCUT2D eigenvalue weighted by molar-refractivity contribution is 8.00. The maximum Gasteiger partial charge on any atom is 0.265 e. The van der Waals surface area contributed by atoms with Crippen LogP contribution in [0.25, 0.3) is 22.2 Å². The molecule has 0 unspecified atom stereocenters. The molecule has 0 atom stereocenters. The first-order valence-corrected chi connectivity index (χ1v) is 9.64. The van der Waals surface area contributed by atoms with Gasteiger partial charge in [-0.2, -0.15) is 0 Å². The summed E-state index contributed by atoms with van der Waals surface area (Å²) in [4.78, 5) is 13.8. The van der Waals surface area contributed by atoms with E-state index in [0.717, 1.165) is 16.2 Å². The van der Waals surface area contributed by atoms with E-state index in [4.69, 9.17) is 14.0 Å². The summed E-state index contributed by atoms with van der Waals surface area (Å²) >= 11 is 1.24. The van der Waals surface area contributed by atoms with Crippen LogP contribution in [0.5, 0.6) is 11.5 Å². The fourth-order valence-electron chi connectivity index (χ4n) is 3.08. The van der Waals surface area contributed by atoms with Crippen LogP contribution >= 0.6 is 11.9 Å². The first-order chi connectivity index (χ1) is 14.1. The molecule has 0 radical (unpaired) electrons. The molecule has 0 aliphatic heterocycles. The van der Waals surface area contributed by atoms with Crippen molar-refractivity contribution in [3.05, 3.63) is 65.0 Å². The van der Waals surface area contributed by atoms with E-state index in [9.17, 15) is 4.79 Å². The number of pyridine rings is 1. The predicted molar refractivity (Wildman–Crippen MR) is 114 cm³/mol. The predicted octanol–water partition coefficient (Wildman–Crippen LogP) is 4.33. The maximum atomic E-state index is 13.0. The van der Waals surface area contributed by atoms with Crippen LogP contribution in [0, 0.1) is 0 Å². The van der Waals surface area contributed by atoms with Crippen LogP contribution in [0.3, 0.4) is 0 Å². The summed E-state index contributed by atoms with van der Waals surface area (Å²) in [7, 11) is 4.91. The molecular formula is C21H19N3O4S. The summed E-state index contributed by atoms with van der Waals surface area (Å²) in [6.45, 7) is 0. The van der Waals surface area contributed by atoms with E-state index < -0.39 is 0 Å². The van der Waals surface area contributed by atoms with Crippen LogP contribution in [0.4, 0.5) is 5.82 Å². The number of nitrogens with zero attached hydrogens (tertiary/aromatic N) is 2. The van der Waals surface area contributed by atoms with Crippen LogP contribution in [0.1, 0.15) is 0 Å². The van der Waals surface area contributed by atoms with Gasteiger partial charge >= 0.3 is 0 Å². The van der Waals surface area contributed by atoms with Gasteiger partial charge in [0.25, 0.3) is 5.56 Å². The molecule has 29 heavy (non-hydrogen) atoms. The molecule has 148 valence electrons. The van der Waals surface area contributed by atoms with Gasteiger partial charge in [-0.15, -0.1) is 0 Å². The largest absolute Gasteiger partial charge is 0.495 e. The number of anilines is 1. The van der Waals surface area contributed by atoms with Gasteiger partial charge in [0.15, 0.2) is 11.4 Å². The quantitative estimate of drug-likeness (QED) is 0.475. The van der Waals surface area contributed by atoms with Gasteiger partial charge in [0.05, 0.1) is 19.9 Å². The van der Waals surface area contributed by atoms with Gasteiger partial charge in [0, 0.05) is 13.1 Å². The number of hydrogen-bond donors (Lipinski definition) is 1. The van der Waals surface area contributed by atoms with Crippen LogP contribution in [0.2, 0.25) is 0 Å². The molecule has 0 aliphatic rings. The lowest BCUT2D eigenvalue weighted by molar-refractivity contribution is 0.376. The minimum Gasteiger partial charge on any atom is -0.495 e. The summed E-state index contributed by atoms with van der Waals surface area (Å²) in [5.74, 6) is 1.64. The number of hydrogen-bond acceptors (Lipinski definition) is 7. The number of benzene rings is 2. The van der Waals surface area contributed by atoms with Gasteiger partial charge < -0.3 is 23.3 Å². The Morgan fingerprint density at radius 2 is 1.72 bits per heavy atom. The zero-order valence-electron chi connectivity index (χ0n) is 16.1. The Balaban J connectivity index is 1.72. The summed E-state index contributed by atoms with van der Waals surface area (Å²) in [6, 6.07) is 17.0. The zero-order chi connectivity index (χ0) is 20.4. The second kappa shape index (κ2) is 7.92. The van der Waals surface area contributed by atoms with Gasteiger partial charge in [-0.1, -0.05) is 41.6 Å². The Bertz CT molecular complexity index is 1200. The van der Waals surface area contributed by atoms with Crippen molar-refractivity contribution < 1.29 is 14.0 Å². The summed E-state index contributed by atoms with van der Waals surface area (Å²) < 4.78 is 20.9. The number of fused-ring (bicyclic) bond motifs is 1. The van der Waals surface area contributed by atoms with Crippen LogP contribution in [0.15, 0.2) is 68.8 Å². The Labute approximate surface area is 171 Å². The van der Waals surface area contributed by atoms with E-state index in [-0.39, 0.29) is 5.56 Å². The number of methoxy groups -OCH3 is 2. The van der Waals surface area contributed by atoms with Gasteiger partial charge in [-0.25, -0.2) is 0 Å². The van der Waals surface area contributed by atoms with Crippen LogP contribution in [-0.4, -0.2) is 23.9 Å². The molecule has 0 bridgehead atoms. The zero-order valence-corrected chi connectivity index (χ0v) is 16.9. The molecular weight excluding hydrogens is 390 g/mol. The second-order valence-electron chi connectivity index (χ2n) is 6.23. The highest BCUT2D eigenvalue weighted by atomic mass is 32.2. The fraction of sp³-hybridized carbons (Fsp3) is 0.143. The normalized spacial score (nSPS) is 10.9. The highest BCUT2D eigenvalue weighted by Gasteiger charge is 2.18. The molecule has 2 heterocycles. The van der Waals surface area contributed by atoms with E-state index in [1.54, 1.807) is 25.8 Å². The second-order valence-corrected chi connectivity index (χ2v) is 7.04. The van der Waals surface area contributed by atoms with E-state index in [1.165, 1.54) is 11.9 Å². The molecule has 7 nitrogen and oxygen atoms in total. The summed E-state index contributed by atoms with van der Waals surface area (Å²) in [5, 5.41) is 4.44. The van der Waals surface area contributed by atoms with Crippen molar-refractivity contribution in [1.82, 2.24) is 9.72 Å². The lowest BCUT2D eigenvalue weighted by Crippen LogP contribution is -2.18. The Morgan fingerprint density at radius 1 is 1.03 bits per heavy atom. The van der Waals surface area contributed by atoms with Gasteiger partial charge in [0.1, 0.15) is 21.8 Å². The summed E-state index contributed by atoms with van der Waals surface area (Å²) in [5.41, 5.74) is 1.90. The molecule has 8 heteroatoms. The van der Waals surface area contributed by atoms with Crippen molar-refractivity contribution in [3.8, 4) is 22.8 Å². The molecule has 2 aromatic heterocycles. The average Bonchev–Trinajstić information content (AvgIpc) is 3.18. The smallest absolute Gasteiger partial charge is 0.265 e. The molecule has 0 saturated heterocycles. The third kappa shape index (κ3) is 3.42. The van der Waals surface area contributed by atoms with Crippen molar-refractivity contribution in [2.45, 2.75) is 4.90 Å². The SMILES string of the molecule is COc1cccc(OC)c1SNc1noc2cc(-c3ccccc3)n(C)c(=O)c12. The monoisotopic (exact) mass is 409 g/mol. The van der Waals surface area contributed by atoms with E-state index in [0.29, 0.717) is 28.3 Å². The highest BCUT2D eigenvalue weighted by Crippen LogP contribution is 2.38. The number of nitrogens with one attached hydrogen (secondary N) is 1. The third-order valence-electron chi connectivity index (χ3n) is 4.57. The standard InChI is InChI=1S/C21H19N3O4S/c1-24-14(13-8-5-4-6-9-13)12-17-18(21(24)25)20(22-28-17)23-29-19-15(26-2)10-7-11-16(19)27-3/h4-12H,1-3H3,(H,22,23). The molecule has 0 amide bonds. The molecule has 1 N–H and O–H groups in total. The van der Waals surface area contributed by atoms with Gasteiger partial charge in [-0.05, 0) is 29.6 Å². The average molecular weight is 409 g/mol. The van der Waals surface area contributed by atoms with E-state index in [1.807, 2.05) is 54.6 Å². The minimum atomic E-state index is -0.197. The van der Waals surface area contributed by atoms with Crippen molar-refractivity contribution in [2.24, 2.45) is 7.05 Å². The van der Waals surface area contributed by atoms with Crippen molar-refractivity contribution >= 4 is 28.7 Å². The molecule has 2 aromatic carbocycles. The molecule has 4 aromatic rings. The first kappa shape index (κ1) is 18.9. The van der Waals surface area contributed by atoms with Crippen molar-refractivity contribution in [1.29, 1.82) is 0 Å². The Morgan fingerprint density at radius 3 is 2.38 bits per heavy atom. The number of aromatic nitrogens is 2. The first-order valence-electron chi connectivity index (χ1n) is 8.82. The molecule has 4 rings (SSSR count). The topological polar surface area (TPSA) is 78.5 Å². The van der Waals surface area contributed by atoms with E-state index >= 15 is 0 Å². The maximum absolute atomic E-state index is 13.0. The molecule has 0 saturated carbocycles. The van der Waals surface area contributed by atoms with Crippen LogP contribution < -0.4 is 19.8 Å². The van der Waals surface area contributed by atoms with Gasteiger partial charge in [0.2, 0.25) is 0 Å².